The number of rotatable bonds is 10. The minimum atomic E-state index is -0.861. The zero-order valence-electron chi connectivity index (χ0n) is 13.9. The van der Waals surface area contributed by atoms with Crippen LogP contribution in [0.1, 0.15) is 39.5 Å². The summed E-state index contributed by atoms with van der Waals surface area (Å²) >= 11 is 0. The Balaban J connectivity index is 2.23. The normalized spacial score (nSPS) is 10.9. The molecule has 0 bridgehead atoms. The number of amides is 1. The molecule has 1 aromatic rings. The summed E-state index contributed by atoms with van der Waals surface area (Å²) < 4.78 is 10.6. The van der Waals surface area contributed by atoms with Crippen molar-refractivity contribution >= 4 is 11.9 Å². The number of methoxy groups -OCH3 is 1. The highest BCUT2D eigenvalue weighted by atomic mass is 16.5. The number of hydrogen-bond acceptors (Lipinski definition) is 4. The van der Waals surface area contributed by atoms with Gasteiger partial charge in [-0.05, 0) is 51.0 Å². The van der Waals surface area contributed by atoms with Crippen molar-refractivity contribution in [3.05, 3.63) is 24.3 Å². The SMILES string of the molecule is COc1ccc(OCCCC(=O)NC(C)(C)CCC(=O)O)cc1. The number of carboxylic acids is 1. The summed E-state index contributed by atoms with van der Waals surface area (Å²) in [5.41, 5.74) is -0.522. The van der Waals surface area contributed by atoms with Gasteiger partial charge in [-0.3, -0.25) is 9.59 Å². The second kappa shape index (κ2) is 9.02. The van der Waals surface area contributed by atoms with Crippen LogP contribution >= 0.6 is 0 Å². The van der Waals surface area contributed by atoms with Crippen molar-refractivity contribution < 1.29 is 24.2 Å². The smallest absolute Gasteiger partial charge is 0.303 e. The van der Waals surface area contributed by atoms with Crippen molar-refractivity contribution in [1.29, 1.82) is 0 Å². The fraction of sp³-hybridized carbons (Fsp3) is 0.529. The Bertz CT molecular complexity index is 510. The molecule has 1 aromatic carbocycles. The molecule has 0 aliphatic carbocycles. The van der Waals surface area contributed by atoms with E-state index < -0.39 is 11.5 Å². The van der Waals surface area contributed by atoms with Crippen molar-refractivity contribution in [3.63, 3.8) is 0 Å². The summed E-state index contributed by atoms with van der Waals surface area (Å²) in [7, 11) is 1.60. The molecule has 0 heterocycles. The van der Waals surface area contributed by atoms with Gasteiger partial charge in [0.2, 0.25) is 5.91 Å². The van der Waals surface area contributed by atoms with Crippen LogP contribution in [0.15, 0.2) is 24.3 Å². The van der Waals surface area contributed by atoms with Gasteiger partial charge < -0.3 is 19.9 Å². The van der Waals surface area contributed by atoms with Gasteiger partial charge in [0.25, 0.3) is 0 Å². The van der Waals surface area contributed by atoms with E-state index >= 15 is 0 Å². The van der Waals surface area contributed by atoms with Crippen molar-refractivity contribution in [2.24, 2.45) is 0 Å². The van der Waals surface area contributed by atoms with Crippen LogP contribution in [-0.2, 0) is 9.59 Å². The van der Waals surface area contributed by atoms with E-state index in [1.54, 1.807) is 7.11 Å². The number of hydrogen-bond donors (Lipinski definition) is 2. The number of benzene rings is 1. The molecule has 0 aromatic heterocycles. The van der Waals surface area contributed by atoms with E-state index in [1.165, 1.54) is 0 Å². The predicted octanol–water partition coefficient (Wildman–Crippen LogP) is 2.61. The van der Waals surface area contributed by atoms with Crippen LogP contribution in [0, 0.1) is 0 Å². The maximum absolute atomic E-state index is 11.9. The molecule has 6 heteroatoms. The molecule has 0 spiro atoms. The Morgan fingerprint density at radius 3 is 2.30 bits per heavy atom. The molecule has 2 N–H and O–H groups in total. The molecular formula is C17H25NO5. The van der Waals surface area contributed by atoms with Gasteiger partial charge in [0.15, 0.2) is 0 Å². The molecule has 6 nitrogen and oxygen atoms in total. The predicted molar refractivity (Wildman–Crippen MR) is 86.8 cm³/mol. The van der Waals surface area contributed by atoms with E-state index in [2.05, 4.69) is 5.32 Å². The standard InChI is InChI=1S/C17H25NO5/c1-17(2,11-10-16(20)21)18-15(19)5-4-12-23-14-8-6-13(22-3)7-9-14/h6-9H,4-5,10-12H2,1-3H3,(H,18,19)(H,20,21). The van der Waals surface area contributed by atoms with Crippen LogP contribution in [0.4, 0.5) is 0 Å². The number of nitrogens with one attached hydrogen (secondary N) is 1. The van der Waals surface area contributed by atoms with E-state index in [1.807, 2.05) is 38.1 Å². The second-order valence-corrected chi connectivity index (χ2v) is 5.95. The highest BCUT2D eigenvalue weighted by molar-refractivity contribution is 5.76. The number of aliphatic carboxylic acids is 1. The first-order valence-corrected chi connectivity index (χ1v) is 7.62. The lowest BCUT2D eigenvalue weighted by Gasteiger charge is -2.25. The molecule has 0 radical (unpaired) electrons. The summed E-state index contributed by atoms with van der Waals surface area (Å²) in [6.45, 7) is 4.08. The maximum atomic E-state index is 11.9. The lowest BCUT2D eigenvalue weighted by atomic mass is 9.98. The van der Waals surface area contributed by atoms with E-state index in [-0.39, 0.29) is 12.3 Å². The van der Waals surface area contributed by atoms with Crippen LogP contribution < -0.4 is 14.8 Å². The zero-order valence-corrected chi connectivity index (χ0v) is 13.9. The van der Waals surface area contributed by atoms with Gasteiger partial charge in [-0.2, -0.15) is 0 Å². The summed E-state index contributed by atoms with van der Waals surface area (Å²) in [5, 5.41) is 11.5. The van der Waals surface area contributed by atoms with Gasteiger partial charge in [-0.25, -0.2) is 0 Å². The molecule has 0 saturated heterocycles. The van der Waals surface area contributed by atoms with Gasteiger partial charge in [0.1, 0.15) is 11.5 Å². The molecular weight excluding hydrogens is 298 g/mol. The van der Waals surface area contributed by atoms with Gasteiger partial charge in [0.05, 0.1) is 13.7 Å². The zero-order chi connectivity index (χ0) is 17.3. The van der Waals surface area contributed by atoms with Crippen LogP contribution in [0.2, 0.25) is 0 Å². The largest absolute Gasteiger partial charge is 0.497 e. The number of carbonyl (C=O) groups is 2. The Labute approximate surface area is 136 Å². The van der Waals surface area contributed by atoms with Gasteiger partial charge in [0, 0.05) is 18.4 Å². The summed E-state index contributed by atoms with van der Waals surface area (Å²) in [6.07, 6.45) is 1.36. The minimum Gasteiger partial charge on any atom is -0.497 e. The van der Waals surface area contributed by atoms with E-state index in [9.17, 15) is 9.59 Å². The van der Waals surface area contributed by atoms with Crippen LogP contribution in [-0.4, -0.2) is 36.2 Å². The fourth-order valence-electron chi connectivity index (χ4n) is 2.02. The Kier molecular flexibility index (Phi) is 7.38. The number of ether oxygens (including phenoxy) is 2. The van der Waals surface area contributed by atoms with Crippen molar-refractivity contribution in [2.75, 3.05) is 13.7 Å². The topological polar surface area (TPSA) is 84.9 Å². The Morgan fingerprint density at radius 2 is 1.74 bits per heavy atom. The van der Waals surface area contributed by atoms with E-state index in [4.69, 9.17) is 14.6 Å². The molecule has 0 fully saturated rings. The average molecular weight is 323 g/mol. The summed E-state index contributed by atoms with van der Waals surface area (Å²) in [6, 6.07) is 7.25. The maximum Gasteiger partial charge on any atom is 0.303 e. The molecule has 1 amide bonds. The first-order valence-electron chi connectivity index (χ1n) is 7.62. The fourth-order valence-corrected chi connectivity index (χ4v) is 2.02. The van der Waals surface area contributed by atoms with Crippen molar-refractivity contribution in [2.45, 2.75) is 45.1 Å². The second-order valence-electron chi connectivity index (χ2n) is 5.95. The van der Waals surface area contributed by atoms with E-state index in [0.29, 0.717) is 25.9 Å². The lowest BCUT2D eigenvalue weighted by molar-refractivity contribution is -0.137. The first kappa shape index (κ1) is 18.8. The molecule has 23 heavy (non-hydrogen) atoms. The van der Waals surface area contributed by atoms with Crippen molar-refractivity contribution in [3.8, 4) is 11.5 Å². The third-order valence-electron chi connectivity index (χ3n) is 3.32. The van der Waals surface area contributed by atoms with E-state index in [0.717, 1.165) is 11.5 Å². The highest BCUT2D eigenvalue weighted by Gasteiger charge is 2.21. The quantitative estimate of drug-likeness (QED) is 0.647. The first-order chi connectivity index (χ1) is 10.8. The van der Waals surface area contributed by atoms with Crippen molar-refractivity contribution in [1.82, 2.24) is 5.32 Å². The van der Waals surface area contributed by atoms with Crippen LogP contribution in [0.3, 0.4) is 0 Å². The monoisotopic (exact) mass is 323 g/mol. The summed E-state index contributed by atoms with van der Waals surface area (Å²) in [4.78, 5) is 22.4. The Morgan fingerprint density at radius 1 is 1.13 bits per heavy atom. The van der Waals surface area contributed by atoms with Gasteiger partial charge in [-0.1, -0.05) is 0 Å². The van der Waals surface area contributed by atoms with Gasteiger partial charge >= 0.3 is 5.97 Å². The molecule has 0 unspecified atom stereocenters. The third-order valence-corrected chi connectivity index (χ3v) is 3.32. The number of carbonyl (C=O) groups excluding carboxylic acids is 1. The average Bonchev–Trinajstić information content (AvgIpc) is 2.50. The lowest BCUT2D eigenvalue weighted by Crippen LogP contribution is -2.43. The molecule has 0 saturated carbocycles. The summed E-state index contributed by atoms with van der Waals surface area (Å²) in [5.74, 6) is 0.534. The molecule has 128 valence electrons. The molecule has 1 rings (SSSR count). The minimum absolute atomic E-state index is 0.0356. The third kappa shape index (κ3) is 8.09. The van der Waals surface area contributed by atoms with Gasteiger partial charge in [-0.15, -0.1) is 0 Å². The molecule has 0 aliphatic rings. The Hall–Kier alpha value is -2.24. The molecule has 0 atom stereocenters. The highest BCUT2D eigenvalue weighted by Crippen LogP contribution is 2.17. The number of carboxylic acid groups (broad SMARTS) is 1. The van der Waals surface area contributed by atoms with Crippen LogP contribution in [0.5, 0.6) is 11.5 Å². The molecule has 0 aliphatic heterocycles. The van der Waals surface area contributed by atoms with Crippen LogP contribution in [0.25, 0.3) is 0 Å².